The molecule has 0 bridgehead atoms. The van der Waals surface area contributed by atoms with Gasteiger partial charge in [-0.1, -0.05) is 49.7 Å². The summed E-state index contributed by atoms with van der Waals surface area (Å²) in [6, 6.07) is 8.81. The van der Waals surface area contributed by atoms with Crippen LogP contribution in [-0.4, -0.2) is 22.6 Å². The maximum Gasteiger partial charge on any atom is 0.409 e. The number of hydrazine groups is 1. The number of hydrogen-bond donors (Lipinski definition) is 1. The smallest absolute Gasteiger partial charge is 0.287 e. The summed E-state index contributed by atoms with van der Waals surface area (Å²) in [6.07, 6.45) is -2.94. The molecule has 2 aromatic carbocycles. The predicted molar refractivity (Wildman–Crippen MR) is 95.4 cm³/mol. The van der Waals surface area contributed by atoms with E-state index in [1.54, 1.807) is 32.0 Å². The largest absolute Gasteiger partial charge is 0.409 e. The van der Waals surface area contributed by atoms with Gasteiger partial charge >= 0.3 is 6.18 Å². The van der Waals surface area contributed by atoms with Gasteiger partial charge in [-0.3, -0.25) is 10.2 Å². The van der Waals surface area contributed by atoms with Crippen LogP contribution in [0, 0.1) is 0 Å². The summed E-state index contributed by atoms with van der Waals surface area (Å²) in [5, 5.41) is 2.42. The summed E-state index contributed by atoms with van der Waals surface area (Å²) in [5.41, 5.74) is 2.57. The average Bonchev–Trinajstić information content (AvgIpc) is 2.79. The van der Waals surface area contributed by atoms with Gasteiger partial charge in [-0.2, -0.15) is 18.2 Å². The van der Waals surface area contributed by atoms with Gasteiger partial charge in [-0.05, 0) is 42.2 Å². The topological polar surface area (TPSA) is 32.3 Å². The third-order valence-corrected chi connectivity index (χ3v) is 4.85. The van der Waals surface area contributed by atoms with Gasteiger partial charge in [-0.15, -0.1) is 0 Å². The number of nitrogens with one attached hydrogen (secondary N) is 1. The maximum absolute atomic E-state index is 14.2. The fourth-order valence-electron chi connectivity index (χ4n) is 3.74. The lowest BCUT2D eigenvalue weighted by Crippen LogP contribution is -2.51. The Hall–Kier alpha value is -2.08. The quantitative estimate of drug-likeness (QED) is 0.836. The van der Waals surface area contributed by atoms with Gasteiger partial charge in [0.05, 0.1) is 0 Å². The van der Waals surface area contributed by atoms with Crippen molar-refractivity contribution in [3.63, 3.8) is 0 Å². The lowest BCUT2D eigenvalue weighted by Gasteiger charge is -2.38. The Balaban J connectivity index is 2.23. The Morgan fingerprint density at radius 1 is 1.23 bits per heavy atom. The number of nitrogens with zero attached hydrogens (tertiary/aromatic N) is 1. The molecule has 0 spiro atoms. The summed E-state index contributed by atoms with van der Waals surface area (Å²) in [6.45, 7) is 5.31. The van der Waals surface area contributed by atoms with Gasteiger partial charge in [0.15, 0.2) is 6.04 Å². The maximum atomic E-state index is 14.2. The SMILES string of the molecule is CCCc1cc(C(N2NC(=O)CC2(C)C)C(F)(F)F)c2ccccc2c1. The van der Waals surface area contributed by atoms with Crippen LogP contribution in [0.15, 0.2) is 36.4 Å². The molecule has 0 radical (unpaired) electrons. The first kappa shape index (κ1) is 18.7. The number of amides is 1. The lowest BCUT2D eigenvalue weighted by molar-refractivity contribution is -0.203. The number of aryl methyl sites for hydroxylation is 1. The first-order valence-electron chi connectivity index (χ1n) is 8.80. The van der Waals surface area contributed by atoms with Crippen molar-refractivity contribution in [3.05, 3.63) is 47.5 Å². The van der Waals surface area contributed by atoms with E-state index in [0.717, 1.165) is 22.4 Å². The van der Waals surface area contributed by atoms with E-state index in [1.807, 2.05) is 25.1 Å². The monoisotopic (exact) mass is 364 g/mol. The summed E-state index contributed by atoms with van der Waals surface area (Å²) >= 11 is 0. The van der Waals surface area contributed by atoms with Crippen molar-refractivity contribution in [1.82, 2.24) is 10.4 Å². The number of fused-ring (bicyclic) bond motifs is 1. The van der Waals surface area contributed by atoms with Crippen LogP contribution in [0.25, 0.3) is 10.8 Å². The summed E-state index contributed by atoms with van der Waals surface area (Å²) < 4.78 is 42.5. The zero-order valence-corrected chi connectivity index (χ0v) is 15.2. The molecule has 6 heteroatoms. The fourth-order valence-corrected chi connectivity index (χ4v) is 3.74. The van der Waals surface area contributed by atoms with Crippen molar-refractivity contribution in [2.75, 3.05) is 0 Å². The van der Waals surface area contributed by atoms with Crippen molar-refractivity contribution >= 4 is 16.7 Å². The molecular formula is C20H23F3N2O. The Kier molecular flexibility index (Phi) is 4.73. The molecule has 1 N–H and O–H groups in total. The molecule has 1 amide bonds. The van der Waals surface area contributed by atoms with Crippen molar-refractivity contribution in [2.24, 2.45) is 0 Å². The van der Waals surface area contributed by atoms with Crippen LogP contribution >= 0.6 is 0 Å². The molecule has 3 nitrogen and oxygen atoms in total. The molecule has 3 rings (SSSR count). The van der Waals surface area contributed by atoms with Gasteiger partial charge in [-0.25, -0.2) is 0 Å². The van der Waals surface area contributed by atoms with Crippen LogP contribution < -0.4 is 5.43 Å². The Morgan fingerprint density at radius 2 is 1.92 bits per heavy atom. The number of halogens is 3. The van der Waals surface area contributed by atoms with E-state index in [-0.39, 0.29) is 12.0 Å². The Labute approximate surface area is 151 Å². The zero-order valence-electron chi connectivity index (χ0n) is 15.2. The second-order valence-corrected chi connectivity index (χ2v) is 7.49. The number of alkyl halides is 3. The van der Waals surface area contributed by atoms with Crippen molar-refractivity contribution in [3.8, 4) is 0 Å². The summed E-state index contributed by atoms with van der Waals surface area (Å²) in [7, 11) is 0. The van der Waals surface area contributed by atoms with Crippen LogP contribution in [0.1, 0.15) is 50.8 Å². The van der Waals surface area contributed by atoms with Gasteiger partial charge in [0.2, 0.25) is 5.91 Å². The van der Waals surface area contributed by atoms with Crippen LogP contribution in [0.2, 0.25) is 0 Å². The Morgan fingerprint density at radius 3 is 2.50 bits per heavy atom. The van der Waals surface area contributed by atoms with E-state index in [1.165, 1.54) is 0 Å². The number of carbonyl (C=O) groups is 1. The van der Waals surface area contributed by atoms with Crippen LogP contribution in [0.4, 0.5) is 13.2 Å². The summed E-state index contributed by atoms with van der Waals surface area (Å²) in [5.74, 6) is -0.390. The molecule has 0 aliphatic carbocycles. The van der Waals surface area contributed by atoms with Gasteiger partial charge in [0.25, 0.3) is 0 Å². The van der Waals surface area contributed by atoms with Gasteiger partial charge in [0.1, 0.15) is 0 Å². The molecule has 1 fully saturated rings. The van der Waals surface area contributed by atoms with Crippen LogP contribution in [0.3, 0.4) is 0 Å². The molecule has 2 aromatic rings. The minimum atomic E-state index is -4.53. The van der Waals surface area contributed by atoms with Crippen molar-refractivity contribution in [1.29, 1.82) is 0 Å². The second-order valence-electron chi connectivity index (χ2n) is 7.49. The van der Waals surface area contributed by atoms with E-state index >= 15 is 0 Å². The number of rotatable bonds is 4. The molecule has 26 heavy (non-hydrogen) atoms. The fraction of sp³-hybridized carbons (Fsp3) is 0.450. The molecule has 1 aliphatic heterocycles. The molecule has 1 aliphatic rings. The average molecular weight is 364 g/mol. The molecule has 1 atom stereocenters. The predicted octanol–water partition coefficient (Wildman–Crippen LogP) is 4.91. The molecular weight excluding hydrogens is 341 g/mol. The van der Waals surface area contributed by atoms with E-state index < -0.39 is 23.7 Å². The van der Waals surface area contributed by atoms with Crippen LogP contribution in [-0.2, 0) is 11.2 Å². The highest BCUT2D eigenvalue weighted by Gasteiger charge is 2.53. The van der Waals surface area contributed by atoms with E-state index in [9.17, 15) is 18.0 Å². The second kappa shape index (κ2) is 6.58. The molecule has 1 unspecified atom stereocenters. The standard InChI is InChI=1S/C20H23F3N2O/c1-4-7-13-10-14-8-5-6-9-15(14)16(11-13)18(20(21,22)23)25-19(2,3)12-17(26)24-25/h5-6,8-11,18H,4,7,12H2,1-3H3,(H,24,26). The van der Waals surface area contributed by atoms with E-state index in [4.69, 9.17) is 0 Å². The van der Waals surface area contributed by atoms with Gasteiger partial charge in [0, 0.05) is 12.0 Å². The number of carbonyl (C=O) groups excluding carboxylic acids is 1. The Bertz CT molecular complexity index is 829. The normalized spacial score (nSPS) is 18.9. The summed E-state index contributed by atoms with van der Waals surface area (Å²) in [4.78, 5) is 11.8. The van der Waals surface area contributed by atoms with E-state index in [2.05, 4.69) is 5.43 Å². The highest BCUT2D eigenvalue weighted by atomic mass is 19.4. The first-order chi connectivity index (χ1) is 12.1. The minimum Gasteiger partial charge on any atom is -0.287 e. The first-order valence-corrected chi connectivity index (χ1v) is 8.80. The third kappa shape index (κ3) is 3.43. The van der Waals surface area contributed by atoms with E-state index in [0.29, 0.717) is 11.8 Å². The molecule has 0 aromatic heterocycles. The highest BCUT2D eigenvalue weighted by Crippen LogP contribution is 2.45. The molecule has 1 heterocycles. The van der Waals surface area contributed by atoms with Gasteiger partial charge < -0.3 is 0 Å². The minimum absolute atomic E-state index is 0.0339. The van der Waals surface area contributed by atoms with Crippen molar-refractivity contribution < 1.29 is 18.0 Å². The third-order valence-electron chi connectivity index (χ3n) is 4.85. The molecule has 0 saturated carbocycles. The lowest BCUT2D eigenvalue weighted by atomic mass is 9.91. The number of hydrogen-bond acceptors (Lipinski definition) is 2. The molecule has 1 saturated heterocycles. The molecule has 140 valence electrons. The van der Waals surface area contributed by atoms with Crippen LogP contribution in [0.5, 0.6) is 0 Å². The zero-order chi connectivity index (χ0) is 19.1. The number of benzene rings is 2. The van der Waals surface area contributed by atoms with Crippen molar-refractivity contribution in [2.45, 2.75) is 57.8 Å². The highest BCUT2D eigenvalue weighted by molar-refractivity contribution is 5.87.